The number of likely N-dealkylation sites (tertiary alicyclic amines) is 1. The molecule has 0 aromatic carbocycles. The Morgan fingerprint density at radius 3 is 3.00 bits per heavy atom. The van der Waals surface area contributed by atoms with Crippen LogP contribution in [0, 0.1) is 0 Å². The zero-order valence-corrected chi connectivity index (χ0v) is 14.2. The minimum atomic E-state index is 0.168. The third-order valence-corrected chi connectivity index (χ3v) is 6.12. The van der Waals surface area contributed by atoms with E-state index in [0.29, 0.717) is 0 Å². The molecule has 1 aromatic rings. The first kappa shape index (κ1) is 15.7. The summed E-state index contributed by atoms with van der Waals surface area (Å²) in [6.45, 7) is 2.74. The van der Waals surface area contributed by atoms with Gasteiger partial charge in [0, 0.05) is 29.0 Å². The monoisotopic (exact) mass is 366 g/mol. The van der Waals surface area contributed by atoms with Crippen LogP contribution in [0.4, 0.5) is 0 Å². The smallest absolute Gasteiger partial charge is 0.107 e. The van der Waals surface area contributed by atoms with Gasteiger partial charge in [0.25, 0.3) is 0 Å². The molecule has 2 atom stereocenters. The number of hydrogen-bond donors (Lipinski definition) is 1. The van der Waals surface area contributed by atoms with E-state index in [-0.39, 0.29) is 12.1 Å². The predicted molar refractivity (Wildman–Crippen MR) is 85.0 cm³/mol. The van der Waals surface area contributed by atoms with E-state index in [0.717, 1.165) is 34.9 Å². The molecule has 0 amide bonds. The molecule has 2 rings (SSSR count). The Balaban J connectivity index is 2.22. The molecule has 0 saturated carbocycles. The Bertz CT molecular complexity index is 396. The lowest BCUT2D eigenvalue weighted by atomic mass is 10.0. The van der Waals surface area contributed by atoms with Gasteiger partial charge >= 0.3 is 0 Å². The predicted octanol–water partition coefficient (Wildman–Crippen LogP) is 3.66. The molecule has 0 radical (unpaired) electrons. The topological polar surface area (TPSA) is 38.5 Å². The van der Waals surface area contributed by atoms with Crippen molar-refractivity contribution >= 4 is 38.9 Å². The van der Waals surface area contributed by atoms with Crippen LogP contribution in [-0.4, -0.2) is 37.7 Å². The van der Waals surface area contributed by atoms with Crippen molar-refractivity contribution in [2.75, 3.05) is 26.8 Å². The van der Waals surface area contributed by atoms with E-state index in [1.807, 2.05) is 0 Å². The Hall–Kier alpha value is 0.350. The lowest BCUT2D eigenvalue weighted by Crippen LogP contribution is -2.40. The van der Waals surface area contributed by atoms with Crippen molar-refractivity contribution in [3.8, 4) is 0 Å². The fourth-order valence-electron chi connectivity index (χ4n) is 2.62. The van der Waals surface area contributed by atoms with Gasteiger partial charge in [0.05, 0.1) is 12.6 Å². The van der Waals surface area contributed by atoms with Crippen LogP contribution in [0.5, 0.6) is 0 Å². The van der Waals surface area contributed by atoms with E-state index in [4.69, 9.17) is 22.1 Å². The van der Waals surface area contributed by atoms with Crippen LogP contribution in [0.2, 0.25) is 4.34 Å². The summed E-state index contributed by atoms with van der Waals surface area (Å²) in [4.78, 5) is 3.69. The molecule has 1 aliphatic rings. The first-order valence-electron chi connectivity index (χ1n) is 6.56. The SMILES string of the molecule is COCCN1CCCCC(N)C1c1cc(Br)c(Cl)s1. The number of nitrogens with two attached hydrogens (primary N) is 1. The molecule has 1 aromatic heterocycles. The zero-order valence-electron chi connectivity index (χ0n) is 11.1. The molecule has 0 aliphatic carbocycles. The zero-order chi connectivity index (χ0) is 13.8. The number of thiophene rings is 1. The summed E-state index contributed by atoms with van der Waals surface area (Å²) in [6, 6.07) is 2.54. The highest BCUT2D eigenvalue weighted by Crippen LogP contribution is 2.39. The number of methoxy groups -OCH3 is 1. The molecule has 2 N–H and O–H groups in total. The number of hydrogen-bond acceptors (Lipinski definition) is 4. The lowest BCUT2D eigenvalue weighted by Gasteiger charge is -2.32. The van der Waals surface area contributed by atoms with Crippen molar-refractivity contribution in [3.63, 3.8) is 0 Å². The normalized spacial score (nSPS) is 25.5. The van der Waals surface area contributed by atoms with Crippen molar-refractivity contribution in [3.05, 3.63) is 19.8 Å². The minimum Gasteiger partial charge on any atom is -0.383 e. The molecular formula is C13H20BrClN2OS. The largest absolute Gasteiger partial charge is 0.383 e. The second-order valence-corrected chi connectivity index (χ2v) is 7.44. The van der Waals surface area contributed by atoms with Crippen LogP contribution in [0.15, 0.2) is 10.5 Å². The molecule has 3 nitrogen and oxygen atoms in total. The molecule has 0 spiro atoms. The number of halogens is 2. The quantitative estimate of drug-likeness (QED) is 0.882. The molecule has 1 aliphatic heterocycles. The van der Waals surface area contributed by atoms with E-state index in [2.05, 4.69) is 26.9 Å². The van der Waals surface area contributed by atoms with Gasteiger partial charge in [-0.3, -0.25) is 4.90 Å². The summed E-state index contributed by atoms with van der Waals surface area (Å²) in [5.74, 6) is 0. The average Bonchev–Trinajstić information content (AvgIpc) is 2.60. The van der Waals surface area contributed by atoms with Gasteiger partial charge in [-0.25, -0.2) is 0 Å². The van der Waals surface area contributed by atoms with Crippen molar-refractivity contribution < 1.29 is 4.74 Å². The van der Waals surface area contributed by atoms with Gasteiger partial charge in [0.2, 0.25) is 0 Å². The van der Waals surface area contributed by atoms with E-state index in [1.54, 1.807) is 18.4 Å². The van der Waals surface area contributed by atoms with E-state index >= 15 is 0 Å². The highest BCUT2D eigenvalue weighted by molar-refractivity contribution is 9.10. The maximum Gasteiger partial charge on any atom is 0.107 e. The van der Waals surface area contributed by atoms with E-state index < -0.39 is 0 Å². The molecule has 2 heterocycles. The van der Waals surface area contributed by atoms with E-state index in [9.17, 15) is 0 Å². The Labute approximate surface area is 132 Å². The van der Waals surface area contributed by atoms with Gasteiger partial charge in [0.15, 0.2) is 0 Å². The minimum absolute atomic E-state index is 0.168. The molecule has 2 unspecified atom stereocenters. The van der Waals surface area contributed by atoms with Gasteiger partial charge in [-0.15, -0.1) is 11.3 Å². The molecule has 1 fully saturated rings. The first-order chi connectivity index (χ1) is 9.13. The van der Waals surface area contributed by atoms with E-state index in [1.165, 1.54) is 17.7 Å². The highest BCUT2D eigenvalue weighted by atomic mass is 79.9. The summed E-state index contributed by atoms with van der Waals surface area (Å²) >= 11 is 11.3. The van der Waals surface area contributed by atoms with Gasteiger partial charge in [-0.1, -0.05) is 18.0 Å². The molecule has 0 bridgehead atoms. The maximum absolute atomic E-state index is 6.40. The lowest BCUT2D eigenvalue weighted by molar-refractivity contribution is 0.116. The van der Waals surface area contributed by atoms with Crippen molar-refractivity contribution in [2.24, 2.45) is 5.73 Å². The second kappa shape index (κ2) is 7.38. The van der Waals surface area contributed by atoms with Crippen LogP contribution >= 0.6 is 38.9 Å². The van der Waals surface area contributed by atoms with Crippen molar-refractivity contribution in [2.45, 2.75) is 31.3 Å². The van der Waals surface area contributed by atoms with Gasteiger partial charge in [-0.2, -0.15) is 0 Å². The Morgan fingerprint density at radius 1 is 1.58 bits per heavy atom. The van der Waals surface area contributed by atoms with Gasteiger partial charge in [-0.05, 0) is 41.4 Å². The molecule has 108 valence electrons. The molecule has 19 heavy (non-hydrogen) atoms. The number of ether oxygens (including phenoxy) is 1. The third-order valence-electron chi connectivity index (χ3n) is 3.57. The molecule has 6 heteroatoms. The second-order valence-electron chi connectivity index (χ2n) is 4.90. The summed E-state index contributed by atoms with van der Waals surface area (Å²) in [7, 11) is 1.74. The fourth-order valence-corrected chi connectivity index (χ4v) is 4.57. The van der Waals surface area contributed by atoms with Crippen LogP contribution in [-0.2, 0) is 4.74 Å². The summed E-state index contributed by atoms with van der Waals surface area (Å²) < 4.78 is 6.99. The Kier molecular flexibility index (Phi) is 6.11. The third kappa shape index (κ3) is 3.93. The summed E-state index contributed by atoms with van der Waals surface area (Å²) in [5, 5.41) is 0. The summed E-state index contributed by atoms with van der Waals surface area (Å²) in [6.07, 6.45) is 3.47. The standard InChI is InChI=1S/C13H20BrClN2OS/c1-18-7-6-17-5-3-2-4-10(16)12(17)11-8-9(14)13(15)19-11/h8,10,12H,2-7,16H2,1H3. The Morgan fingerprint density at radius 2 is 2.37 bits per heavy atom. The van der Waals surface area contributed by atoms with Crippen LogP contribution in [0.3, 0.4) is 0 Å². The van der Waals surface area contributed by atoms with Crippen LogP contribution < -0.4 is 5.73 Å². The van der Waals surface area contributed by atoms with Gasteiger partial charge in [0.1, 0.15) is 4.34 Å². The van der Waals surface area contributed by atoms with Crippen LogP contribution in [0.25, 0.3) is 0 Å². The highest BCUT2D eigenvalue weighted by Gasteiger charge is 2.30. The van der Waals surface area contributed by atoms with Crippen molar-refractivity contribution in [1.29, 1.82) is 0 Å². The average molecular weight is 368 g/mol. The maximum atomic E-state index is 6.40. The van der Waals surface area contributed by atoms with Crippen molar-refractivity contribution in [1.82, 2.24) is 4.90 Å². The summed E-state index contributed by atoms with van der Waals surface area (Å²) in [5.41, 5.74) is 6.40. The molecular weight excluding hydrogens is 348 g/mol. The van der Waals surface area contributed by atoms with Crippen LogP contribution in [0.1, 0.15) is 30.2 Å². The molecule has 1 saturated heterocycles. The number of rotatable bonds is 4. The fraction of sp³-hybridized carbons (Fsp3) is 0.692. The number of nitrogens with zero attached hydrogens (tertiary/aromatic N) is 1. The first-order valence-corrected chi connectivity index (χ1v) is 8.55. The van der Waals surface area contributed by atoms with Gasteiger partial charge < -0.3 is 10.5 Å².